The van der Waals surface area contributed by atoms with Gasteiger partial charge in [-0.25, -0.2) is 0 Å². The van der Waals surface area contributed by atoms with Crippen LogP contribution in [0, 0.1) is 5.92 Å². The maximum Gasteiger partial charge on any atom is 0.326 e. The average molecular weight is 199 g/mol. The number of nitrogens with one attached hydrogen (secondary N) is 1. The van der Waals surface area contributed by atoms with Crippen molar-refractivity contribution in [1.29, 1.82) is 0 Å². The van der Waals surface area contributed by atoms with Crippen LogP contribution in [0.15, 0.2) is 0 Å². The van der Waals surface area contributed by atoms with E-state index in [2.05, 4.69) is 12.2 Å². The van der Waals surface area contributed by atoms with Crippen molar-refractivity contribution >= 4 is 5.97 Å². The highest BCUT2D eigenvalue weighted by atomic mass is 16.5. The van der Waals surface area contributed by atoms with Gasteiger partial charge in [-0.3, -0.25) is 4.79 Å². The topological polar surface area (TPSA) is 38.3 Å². The molecular weight excluding hydrogens is 178 g/mol. The Kier molecular flexibility index (Phi) is 3.93. The fourth-order valence-corrected chi connectivity index (χ4v) is 2.39. The van der Waals surface area contributed by atoms with Crippen molar-refractivity contribution in [2.24, 2.45) is 5.92 Å². The van der Waals surface area contributed by atoms with Crippen molar-refractivity contribution in [3.05, 3.63) is 0 Å². The summed E-state index contributed by atoms with van der Waals surface area (Å²) in [5.41, 5.74) is -0.398. The summed E-state index contributed by atoms with van der Waals surface area (Å²) in [6.45, 7) is 7.32. The molecular formula is C11H21NO2. The largest absolute Gasteiger partial charge is 0.465 e. The van der Waals surface area contributed by atoms with Gasteiger partial charge in [0.05, 0.1) is 6.61 Å². The van der Waals surface area contributed by atoms with Crippen LogP contribution in [0.4, 0.5) is 0 Å². The molecule has 1 rings (SSSR count). The third kappa shape index (κ3) is 1.92. The second-order valence-electron chi connectivity index (χ2n) is 4.02. The molecule has 0 radical (unpaired) electrons. The highest BCUT2D eigenvalue weighted by Gasteiger charge is 2.47. The summed E-state index contributed by atoms with van der Waals surface area (Å²) < 4.78 is 5.15. The number of hydrogen-bond acceptors (Lipinski definition) is 3. The van der Waals surface area contributed by atoms with Crippen LogP contribution in [0.3, 0.4) is 0 Å². The van der Waals surface area contributed by atoms with Crippen molar-refractivity contribution in [3.8, 4) is 0 Å². The molecule has 0 amide bonds. The first-order valence-electron chi connectivity index (χ1n) is 5.59. The lowest BCUT2D eigenvalue weighted by Crippen LogP contribution is -2.54. The summed E-state index contributed by atoms with van der Waals surface area (Å²) in [4.78, 5) is 11.9. The molecule has 0 heterocycles. The standard InChI is InChI=1S/C11H21NO2/c1-4-12-11(10(13)14-5-2)8-6-7-9(11)3/h9,12H,4-8H2,1-3H3. The fraction of sp³-hybridized carbons (Fsp3) is 0.909. The van der Waals surface area contributed by atoms with Gasteiger partial charge in [-0.05, 0) is 32.2 Å². The zero-order chi connectivity index (χ0) is 10.6. The highest BCUT2D eigenvalue weighted by molar-refractivity contribution is 5.81. The predicted octanol–water partition coefficient (Wildman–Crippen LogP) is 1.72. The van der Waals surface area contributed by atoms with Gasteiger partial charge in [0.2, 0.25) is 0 Å². The lowest BCUT2D eigenvalue weighted by Gasteiger charge is -2.31. The normalized spacial score (nSPS) is 31.8. The minimum atomic E-state index is -0.398. The Morgan fingerprint density at radius 3 is 2.71 bits per heavy atom. The summed E-state index contributed by atoms with van der Waals surface area (Å²) in [6.07, 6.45) is 3.15. The van der Waals surface area contributed by atoms with E-state index in [0.717, 1.165) is 25.8 Å². The molecule has 0 spiro atoms. The third-order valence-corrected chi connectivity index (χ3v) is 3.18. The average Bonchev–Trinajstić information content (AvgIpc) is 2.50. The number of carbonyl (C=O) groups is 1. The van der Waals surface area contributed by atoms with Crippen molar-refractivity contribution in [1.82, 2.24) is 5.32 Å². The predicted molar refractivity (Wildman–Crippen MR) is 56.1 cm³/mol. The summed E-state index contributed by atoms with van der Waals surface area (Å²) in [7, 11) is 0. The van der Waals surface area contributed by atoms with Crippen molar-refractivity contribution in [2.45, 2.75) is 45.6 Å². The van der Waals surface area contributed by atoms with Gasteiger partial charge in [0.15, 0.2) is 0 Å². The molecule has 0 aliphatic heterocycles. The number of esters is 1. The molecule has 1 saturated carbocycles. The summed E-state index contributed by atoms with van der Waals surface area (Å²) in [5, 5.41) is 3.32. The van der Waals surface area contributed by atoms with E-state index in [0.29, 0.717) is 12.5 Å². The van der Waals surface area contributed by atoms with E-state index < -0.39 is 5.54 Å². The van der Waals surface area contributed by atoms with E-state index in [9.17, 15) is 4.79 Å². The quantitative estimate of drug-likeness (QED) is 0.701. The van der Waals surface area contributed by atoms with Crippen LogP contribution in [0.1, 0.15) is 40.0 Å². The minimum Gasteiger partial charge on any atom is -0.465 e. The van der Waals surface area contributed by atoms with Gasteiger partial charge in [0.25, 0.3) is 0 Å². The van der Waals surface area contributed by atoms with Crippen LogP contribution < -0.4 is 5.32 Å². The number of rotatable bonds is 4. The molecule has 0 aromatic heterocycles. The molecule has 82 valence electrons. The molecule has 14 heavy (non-hydrogen) atoms. The van der Waals surface area contributed by atoms with Gasteiger partial charge in [-0.2, -0.15) is 0 Å². The molecule has 2 atom stereocenters. The van der Waals surface area contributed by atoms with E-state index in [4.69, 9.17) is 4.74 Å². The van der Waals surface area contributed by atoms with Gasteiger partial charge >= 0.3 is 5.97 Å². The van der Waals surface area contributed by atoms with E-state index in [-0.39, 0.29) is 5.97 Å². The smallest absolute Gasteiger partial charge is 0.326 e. The summed E-state index contributed by atoms with van der Waals surface area (Å²) in [6, 6.07) is 0. The van der Waals surface area contributed by atoms with Crippen LogP contribution in [-0.2, 0) is 9.53 Å². The Hall–Kier alpha value is -0.570. The number of hydrogen-bond donors (Lipinski definition) is 1. The molecule has 1 aliphatic rings. The van der Waals surface area contributed by atoms with Gasteiger partial charge in [-0.15, -0.1) is 0 Å². The van der Waals surface area contributed by atoms with Crippen LogP contribution in [0.5, 0.6) is 0 Å². The Morgan fingerprint density at radius 1 is 1.57 bits per heavy atom. The van der Waals surface area contributed by atoms with Gasteiger partial charge in [-0.1, -0.05) is 20.3 Å². The highest BCUT2D eigenvalue weighted by Crippen LogP contribution is 2.36. The monoisotopic (exact) mass is 199 g/mol. The van der Waals surface area contributed by atoms with E-state index >= 15 is 0 Å². The summed E-state index contributed by atoms with van der Waals surface area (Å²) in [5.74, 6) is 0.327. The number of carbonyl (C=O) groups excluding carboxylic acids is 1. The zero-order valence-electron chi connectivity index (χ0n) is 9.43. The number of likely N-dealkylation sites (N-methyl/N-ethyl adjacent to an activating group) is 1. The Bertz CT molecular complexity index is 205. The Balaban J connectivity index is 2.75. The number of ether oxygens (including phenoxy) is 1. The van der Waals surface area contributed by atoms with E-state index in [1.54, 1.807) is 0 Å². The SMILES string of the molecule is CCNC1(C(=O)OCC)CCCC1C. The van der Waals surface area contributed by atoms with Crippen molar-refractivity contribution in [2.75, 3.05) is 13.2 Å². The Morgan fingerprint density at radius 2 is 2.29 bits per heavy atom. The molecule has 0 aromatic carbocycles. The molecule has 0 aromatic rings. The molecule has 0 saturated heterocycles. The van der Waals surface area contributed by atoms with Crippen LogP contribution in [0.25, 0.3) is 0 Å². The van der Waals surface area contributed by atoms with Crippen LogP contribution >= 0.6 is 0 Å². The van der Waals surface area contributed by atoms with Crippen molar-refractivity contribution < 1.29 is 9.53 Å². The minimum absolute atomic E-state index is 0.0631. The maximum atomic E-state index is 11.9. The van der Waals surface area contributed by atoms with Gasteiger partial charge in [0, 0.05) is 0 Å². The van der Waals surface area contributed by atoms with Crippen LogP contribution in [0.2, 0.25) is 0 Å². The Labute approximate surface area is 86.2 Å². The lowest BCUT2D eigenvalue weighted by atomic mass is 9.88. The first kappa shape index (κ1) is 11.5. The fourth-order valence-electron chi connectivity index (χ4n) is 2.39. The van der Waals surface area contributed by atoms with Gasteiger partial charge < -0.3 is 10.1 Å². The molecule has 0 bridgehead atoms. The molecule has 1 fully saturated rings. The van der Waals surface area contributed by atoms with E-state index in [1.165, 1.54) is 0 Å². The zero-order valence-corrected chi connectivity index (χ0v) is 9.43. The first-order valence-corrected chi connectivity index (χ1v) is 5.59. The molecule has 2 unspecified atom stereocenters. The molecule has 3 heteroatoms. The molecule has 3 nitrogen and oxygen atoms in total. The maximum absolute atomic E-state index is 11.9. The molecule has 1 aliphatic carbocycles. The van der Waals surface area contributed by atoms with Gasteiger partial charge in [0.1, 0.15) is 5.54 Å². The summed E-state index contributed by atoms with van der Waals surface area (Å²) >= 11 is 0. The van der Waals surface area contributed by atoms with Crippen molar-refractivity contribution in [3.63, 3.8) is 0 Å². The lowest BCUT2D eigenvalue weighted by molar-refractivity contribution is -0.152. The van der Waals surface area contributed by atoms with Crippen LogP contribution in [-0.4, -0.2) is 24.7 Å². The second-order valence-corrected chi connectivity index (χ2v) is 4.02. The first-order chi connectivity index (χ1) is 6.67. The molecule has 1 N–H and O–H groups in total. The third-order valence-electron chi connectivity index (χ3n) is 3.18. The second kappa shape index (κ2) is 4.78. The van der Waals surface area contributed by atoms with E-state index in [1.807, 2.05) is 13.8 Å².